The molecule has 86 valence electrons. The van der Waals surface area contributed by atoms with Crippen molar-refractivity contribution in [2.24, 2.45) is 5.92 Å². The van der Waals surface area contributed by atoms with Gasteiger partial charge < -0.3 is 5.11 Å². The van der Waals surface area contributed by atoms with Gasteiger partial charge in [0.2, 0.25) is 0 Å². The van der Waals surface area contributed by atoms with Crippen molar-refractivity contribution in [1.29, 1.82) is 0 Å². The van der Waals surface area contributed by atoms with Crippen LogP contribution in [0.1, 0.15) is 24.5 Å². The van der Waals surface area contributed by atoms with E-state index < -0.39 is 5.97 Å². The van der Waals surface area contributed by atoms with E-state index >= 15 is 0 Å². The Kier molecular flexibility index (Phi) is 2.44. The SMILES string of the molecule is O=C(O)[C@@H]1CN(C2CC2)C[C@H]1c1cscn1. The molecule has 5 heteroatoms. The molecule has 4 nitrogen and oxygen atoms in total. The molecule has 0 bridgehead atoms. The van der Waals surface area contributed by atoms with E-state index in [1.165, 1.54) is 12.8 Å². The highest BCUT2D eigenvalue weighted by molar-refractivity contribution is 7.07. The van der Waals surface area contributed by atoms with Crippen molar-refractivity contribution in [3.63, 3.8) is 0 Å². The smallest absolute Gasteiger partial charge is 0.308 e. The summed E-state index contributed by atoms with van der Waals surface area (Å²) in [6, 6.07) is 0.644. The highest BCUT2D eigenvalue weighted by Gasteiger charge is 2.44. The number of aromatic nitrogens is 1. The average molecular weight is 238 g/mol. The van der Waals surface area contributed by atoms with Crippen LogP contribution in [0, 0.1) is 5.92 Å². The van der Waals surface area contributed by atoms with E-state index in [-0.39, 0.29) is 11.8 Å². The molecule has 0 unspecified atom stereocenters. The molecule has 3 rings (SSSR count). The number of thiazole rings is 1. The van der Waals surface area contributed by atoms with Crippen molar-refractivity contribution >= 4 is 17.3 Å². The minimum absolute atomic E-state index is 0.0874. The second-order valence-corrected chi connectivity index (χ2v) is 5.37. The molecule has 1 aliphatic carbocycles. The molecular weight excluding hydrogens is 224 g/mol. The predicted octanol–water partition coefficient (Wildman–Crippen LogP) is 1.41. The highest BCUT2D eigenvalue weighted by Crippen LogP contribution is 2.38. The third-order valence-electron chi connectivity index (χ3n) is 3.56. The quantitative estimate of drug-likeness (QED) is 0.865. The van der Waals surface area contributed by atoms with Crippen molar-refractivity contribution in [2.75, 3.05) is 13.1 Å². The van der Waals surface area contributed by atoms with Crippen molar-refractivity contribution in [3.8, 4) is 0 Å². The van der Waals surface area contributed by atoms with Crippen LogP contribution in [0.4, 0.5) is 0 Å². The summed E-state index contributed by atoms with van der Waals surface area (Å²) in [6.07, 6.45) is 2.46. The first-order chi connectivity index (χ1) is 7.75. The molecule has 0 amide bonds. The summed E-state index contributed by atoms with van der Waals surface area (Å²) in [4.78, 5) is 17.8. The minimum atomic E-state index is -0.679. The molecule has 1 aliphatic heterocycles. The van der Waals surface area contributed by atoms with Crippen LogP contribution < -0.4 is 0 Å². The van der Waals surface area contributed by atoms with E-state index in [9.17, 15) is 9.90 Å². The van der Waals surface area contributed by atoms with E-state index in [0.29, 0.717) is 12.6 Å². The predicted molar refractivity (Wildman–Crippen MR) is 60.6 cm³/mol. The number of carboxylic acid groups (broad SMARTS) is 1. The zero-order chi connectivity index (χ0) is 11.1. The lowest BCUT2D eigenvalue weighted by Crippen LogP contribution is -2.25. The number of carbonyl (C=O) groups is 1. The van der Waals surface area contributed by atoms with Crippen molar-refractivity contribution in [3.05, 3.63) is 16.6 Å². The van der Waals surface area contributed by atoms with Crippen LogP contribution in [0.25, 0.3) is 0 Å². The fraction of sp³-hybridized carbons (Fsp3) is 0.636. The van der Waals surface area contributed by atoms with Crippen LogP contribution in [0.2, 0.25) is 0 Å². The fourth-order valence-electron chi connectivity index (χ4n) is 2.53. The van der Waals surface area contributed by atoms with E-state index in [4.69, 9.17) is 0 Å². The summed E-state index contributed by atoms with van der Waals surface area (Å²) in [7, 11) is 0. The first-order valence-corrected chi connectivity index (χ1v) is 6.55. The van der Waals surface area contributed by atoms with E-state index in [1.807, 2.05) is 5.38 Å². The Morgan fingerprint density at radius 2 is 2.31 bits per heavy atom. The van der Waals surface area contributed by atoms with Crippen LogP contribution in [-0.4, -0.2) is 40.1 Å². The lowest BCUT2D eigenvalue weighted by molar-refractivity contribution is -0.141. The Morgan fingerprint density at radius 1 is 1.50 bits per heavy atom. The number of hydrogen-bond acceptors (Lipinski definition) is 4. The summed E-state index contributed by atoms with van der Waals surface area (Å²) in [5, 5.41) is 11.2. The van der Waals surface area contributed by atoms with Gasteiger partial charge in [0.25, 0.3) is 0 Å². The Hall–Kier alpha value is -0.940. The molecular formula is C11H14N2O2S. The van der Waals surface area contributed by atoms with Gasteiger partial charge in [-0.25, -0.2) is 4.98 Å². The molecule has 2 aliphatic rings. The van der Waals surface area contributed by atoms with Gasteiger partial charge >= 0.3 is 5.97 Å². The number of nitrogens with zero attached hydrogens (tertiary/aromatic N) is 2. The number of carboxylic acids is 1. The fourth-order valence-corrected chi connectivity index (χ4v) is 3.15. The largest absolute Gasteiger partial charge is 0.481 e. The second-order valence-electron chi connectivity index (χ2n) is 4.65. The monoisotopic (exact) mass is 238 g/mol. The van der Waals surface area contributed by atoms with Gasteiger partial charge in [0.1, 0.15) is 0 Å². The molecule has 16 heavy (non-hydrogen) atoms. The number of hydrogen-bond donors (Lipinski definition) is 1. The molecule has 0 radical (unpaired) electrons. The first-order valence-electron chi connectivity index (χ1n) is 5.60. The van der Waals surface area contributed by atoms with Gasteiger partial charge in [0.05, 0.1) is 17.1 Å². The number of likely N-dealkylation sites (tertiary alicyclic amines) is 1. The molecule has 2 fully saturated rings. The molecule has 0 spiro atoms. The molecule has 2 atom stereocenters. The van der Waals surface area contributed by atoms with E-state index in [1.54, 1.807) is 16.8 Å². The lowest BCUT2D eigenvalue weighted by atomic mass is 9.94. The standard InChI is InChI=1S/C11H14N2O2S/c14-11(15)9-4-13(7-1-2-7)3-8(9)10-5-16-6-12-10/h5-9H,1-4H2,(H,14,15)/t8-,9-/m1/s1. The Bertz CT molecular complexity index is 389. The topological polar surface area (TPSA) is 53.4 Å². The maximum atomic E-state index is 11.2. The van der Waals surface area contributed by atoms with Crippen LogP contribution in [0.5, 0.6) is 0 Å². The Labute approximate surface area is 97.9 Å². The van der Waals surface area contributed by atoms with Gasteiger partial charge in [-0.2, -0.15) is 0 Å². The lowest BCUT2D eigenvalue weighted by Gasteiger charge is -2.13. The van der Waals surface area contributed by atoms with Gasteiger partial charge in [0, 0.05) is 30.4 Å². The third-order valence-corrected chi connectivity index (χ3v) is 4.16. The normalized spacial score (nSPS) is 30.8. The number of aliphatic carboxylic acids is 1. The van der Waals surface area contributed by atoms with Crippen LogP contribution in [0.15, 0.2) is 10.9 Å². The van der Waals surface area contributed by atoms with Gasteiger partial charge in [-0.15, -0.1) is 11.3 Å². The molecule has 0 aromatic carbocycles. The zero-order valence-electron chi connectivity index (χ0n) is 8.87. The second kappa shape index (κ2) is 3.82. The van der Waals surface area contributed by atoms with Crippen LogP contribution in [-0.2, 0) is 4.79 Å². The highest BCUT2D eigenvalue weighted by atomic mass is 32.1. The van der Waals surface area contributed by atoms with Crippen molar-refractivity contribution in [1.82, 2.24) is 9.88 Å². The average Bonchev–Trinajstić information content (AvgIpc) is 2.83. The summed E-state index contributed by atoms with van der Waals surface area (Å²) in [6.45, 7) is 1.56. The molecule has 2 heterocycles. The van der Waals surface area contributed by atoms with Crippen LogP contribution >= 0.6 is 11.3 Å². The van der Waals surface area contributed by atoms with Gasteiger partial charge in [-0.05, 0) is 12.8 Å². The first kappa shape index (κ1) is 10.2. The molecule has 1 aromatic rings. The summed E-state index contributed by atoms with van der Waals surface area (Å²) in [5.41, 5.74) is 2.74. The molecule has 1 saturated heterocycles. The zero-order valence-corrected chi connectivity index (χ0v) is 9.69. The molecule has 1 N–H and O–H groups in total. The maximum absolute atomic E-state index is 11.2. The minimum Gasteiger partial charge on any atom is -0.481 e. The van der Waals surface area contributed by atoms with E-state index in [0.717, 1.165) is 12.2 Å². The van der Waals surface area contributed by atoms with Gasteiger partial charge in [-0.3, -0.25) is 9.69 Å². The maximum Gasteiger partial charge on any atom is 0.308 e. The van der Waals surface area contributed by atoms with Gasteiger partial charge in [0.15, 0.2) is 0 Å². The summed E-state index contributed by atoms with van der Waals surface area (Å²) in [5.74, 6) is -0.867. The van der Waals surface area contributed by atoms with Crippen LogP contribution in [0.3, 0.4) is 0 Å². The number of rotatable bonds is 3. The molecule has 1 aromatic heterocycles. The summed E-state index contributed by atoms with van der Waals surface area (Å²) < 4.78 is 0. The van der Waals surface area contributed by atoms with E-state index in [2.05, 4.69) is 9.88 Å². The van der Waals surface area contributed by atoms with Gasteiger partial charge in [-0.1, -0.05) is 0 Å². The molecule has 1 saturated carbocycles. The summed E-state index contributed by atoms with van der Waals surface area (Å²) >= 11 is 1.54. The Morgan fingerprint density at radius 3 is 2.88 bits per heavy atom. The van der Waals surface area contributed by atoms with Crippen molar-refractivity contribution in [2.45, 2.75) is 24.8 Å². The van der Waals surface area contributed by atoms with Crippen molar-refractivity contribution < 1.29 is 9.90 Å². The Balaban J connectivity index is 1.81. The third kappa shape index (κ3) is 1.74.